The predicted molar refractivity (Wildman–Crippen MR) is 64.2 cm³/mol. The Bertz CT molecular complexity index is 439. The molecule has 1 aliphatic carbocycles. The number of hydrogen-bond donors (Lipinski definition) is 1. The molecule has 0 atom stereocenters. The third-order valence-electron chi connectivity index (χ3n) is 2.41. The predicted octanol–water partition coefficient (Wildman–Crippen LogP) is 0.793. The van der Waals surface area contributed by atoms with Crippen LogP contribution in [0.1, 0.15) is 19.3 Å². The first-order valence-electron chi connectivity index (χ1n) is 5.28. The lowest BCUT2D eigenvalue weighted by Gasteiger charge is -2.09. The Morgan fingerprint density at radius 1 is 1.35 bits per heavy atom. The molecule has 1 rings (SSSR count). The molecular weight excluding hydrogens is 244 g/mol. The van der Waals surface area contributed by atoms with E-state index < -0.39 is 14.8 Å². The minimum absolute atomic E-state index is 0.00547. The maximum absolute atomic E-state index is 11.8. The van der Waals surface area contributed by atoms with E-state index in [0.29, 0.717) is 19.4 Å². The molecule has 0 fully saturated rings. The Balaban J connectivity index is 2.63. The number of nitrogens with zero attached hydrogens (tertiary/aromatic N) is 1. The number of nitro groups is 1. The first-order chi connectivity index (χ1) is 7.97. The van der Waals surface area contributed by atoms with Crippen molar-refractivity contribution < 1.29 is 13.3 Å². The van der Waals surface area contributed by atoms with Gasteiger partial charge in [-0.25, -0.2) is 8.42 Å². The van der Waals surface area contributed by atoms with E-state index in [1.807, 2.05) is 0 Å². The number of allylic oxidation sites excluding steroid dienone is 1. The Hall–Kier alpha value is -1.21. The number of hydrogen-bond acceptors (Lipinski definition) is 5. The van der Waals surface area contributed by atoms with E-state index in [4.69, 9.17) is 5.73 Å². The van der Waals surface area contributed by atoms with Gasteiger partial charge in [0.15, 0.2) is 9.84 Å². The highest BCUT2D eigenvalue weighted by molar-refractivity contribution is 7.95. The summed E-state index contributed by atoms with van der Waals surface area (Å²) in [4.78, 5) is 10.1. The zero-order valence-electron chi connectivity index (χ0n) is 9.33. The first kappa shape index (κ1) is 13.9. The highest BCUT2D eigenvalue weighted by Crippen LogP contribution is 2.22. The Morgan fingerprint density at radius 2 is 2.06 bits per heavy atom. The highest BCUT2D eigenvalue weighted by Gasteiger charge is 2.25. The summed E-state index contributed by atoms with van der Waals surface area (Å²) in [5, 5.41) is 10.4. The molecular formula is C10H15N2O4S. The SMILES string of the molecule is NCCCCS(=O)(=O)C1=CC[C]([N+](=O)[O-])C=C1. The van der Waals surface area contributed by atoms with E-state index in [1.54, 1.807) is 0 Å². The smallest absolute Gasteiger partial charge is 0.316 e. The normalized spacial score (nSPS) is 16.9. The van der Waals surface area contributed by atoms with Crippen LogP contribution >= 0.6 is 0 Å². The second-order valence-corrected chi connectivity index (χ2v) is 5.82. The van der Waals surface area contributed by atoms with Crippen molar-refractivity contribution >= 4 is 9.84 Å². The van der Waals surface area contributed by atoms with E-state index in [-0.39, 0.29) is 23.1 Å². The van der Waals surface area contributed by atoms with Crippen LogP contribution in [0.4, 0.5) is 0 Å². The van der Waals surface area contributed by atoms with Gasteiger partial charge in [-0.3, -0.25) is 10.1 Å². The van der Waals surface area contributed by atoms with E-state index in [1.165, 1.54) is 18.2 Å². The average Bonchev–Trinajstić information content (AvgIpc) is 2.29. The molecule has 0 unspecified atom stereocenters. The molecule has 0 saturated carbocycles. The quantitative estimate of drug-likeness (QED) is 0.431. The zero-order valence-corrected chi connectivity index (χ0v) is 10.1. The number of sulfone groups is 1. The van der Waals surface area contributed by atoms with Gasteiger partial charge in [0, 0.05) is 17.4 Å². The van der Waals surface area contributed by atoms with Gasteiger partial charge in [-0.2, -0.15) is 0 Å². The maximum atomic E-state index is 11.8. The van der Waals surface area contributed by atoms with Crippen LogP contribution in [0.3, 0.4) is 0 Å². The molecule has 0 heterocycles. The molecule has 1 radical (unpaired) electrons. The van der Waals surface area contributed by atoms with Crippen LogP contribution in [0.2, 0.25) is 0 Å². The zero-order chi connectivity index (χ0) is 12.9. The lowest BCUT2D eigenvalue weighted by atomic mass is 10.1. The molecule has 2 N–H and O–H groups in total. The molecule has 0 aliphatic heterocycles. The van der Waals surface area contributed by atoms with Gasteiger partial charge in [0.1, 0.15) is 0 Å². The van der Waals surface area contributed by atoms with Gasteiger partial charge in [0.2, 0.25) is 0 Å². The van der Waals surface area contributed by atoms with E-state index >= 15 is 0 Å². The van der Waals surface area contributed by atoms with Crippen molar-refractivity contribution in [1.29, 1.82) is 0 Å². The monoisotopic (exact) mass is 259 g/mol. The fourth-order valence-electron chi connectivity index (χ4n) is 1.44. The summed E-state index contributed by atoms with van der Waals surface area (Å²) in [6.07, 6.45) is 5.14. The Morgan fingerprint density at radius 3 is 2.53 bits per heavy atom. The lowest BCUT2D eigenvalue weighted by Crippen LogP contribution is -2.14. The summed E-state index contributed by atoms with van der Waals surface area (Å²) >= 11 is 0. The van der Waals surface area contributed by atoms with Gasteiger partial charge < -0.3 is 5.73 Å². The van der Waals surface area contributed by atoms with Crippen molar-refractivity contribution in [2.24, 2.45) is 5.73 Å². The van der Waals surface area contributed by atoms with Crippen LogP contribution in [-0.4, -0.2) is 25.6 Å². The summed E-state index contributed by atoms with van der Waals surface area (Å²) < 4.78 is 23.6. The molecule has 0 aromatic rings. The van der Waals surface area contributed by atoms with Crippen molar-refractivity contribution in [3.05, 3.63) is 39.3 Å². The summed E-state index contributed by atoms with van der Waals surface area (Å²) in [6.45, 7) is 0.462. The molecule has 0 spiro atoms. The van der Waals surface area contributed by atoms with Crippen molar-refractivity contribution in [3.63, 3.8) is 0 Å². The maximum Gasteiger partial charge on any atom is 0.316 e. The van der Waals surface area contributed by atoms with Crippen LogP contribution in [0.25, 0.3) is 0 Å². The molecule has 95 valence electrons. The number of nitrogens with two attached hydrogens (primary N) is 1. The molecule has 7 heteroatoms. The Labute approximate surface area is 100 Å². The minimum Gasteiger partial charge on any atom is -0.330 e. The molecule has 0 amide bonds. The fraction of sp³-hybridized carbons (Fsp3) is 0.500. The summed E-state index contributed by atoms with van der Waals surface area (Å²) in [5.41, 5.74) is 5.29. The van der Waals surface area contributed by atoms with Gasteiger partial charge in [0.05, 0.1) is 10.7 Å². The first-order valence-corrected chi connectivity index (χ1v) is 6.94. The number of unbranched alkanes of at least 4 members (excludes halogenated alkanes) is 1. The van der Waals surface area contributed by atoms with Gasteiger partial charge in [-0.05, 0) is 25.5 Å². The third kappa shape index (κ3) is 3.94. The van der Waals surface area contributed by atoms with Crippen LogP contribution in [0, 0.1) is 16.2 Å². The molecule has 6 nitrogen and oxygen atoms in total. The third-order valence-corrected chi connectivity index (χ3v) is 4.26. The van der Waals surface area contributed by atoms with Crippen molar-refractivity contribution in [3.8, 4) is 0 Å². The van der Waals surface area contributed by atoms with Crippen LogP contribution < -0.4 is 5.73 Å². The second kappa shape index (κ2) is 5.92. The van der Waals surface area contributed by atoms with Crippen LogP contribution in [0.15, 0.2) is 23.1 Å². The lowest BCUT2D eigenvalue weighted by molar-refractivity contribution is -0.457. The van der Waals surface area contributed by atoms with E-state index in [9.17, 15) is 18.5 Å². The Kier molecular flexibility index (Phi) is 4.83. The van der Waals surface area contributed by atoms with Gasteiger partial charge in [-0.15, -0.1) is 0 Å². The highest BCUT2D eigenvalue weighted by atomic mass is 32.2. The van der Waals surface area contributed by atoms with Crippen molar-refractivity contribution in [2.75, 3.05) is 12.3 Å². The summed E-state index contributed by atoms with van der Waals surface area (Å²) in [5.74, 6) is 0.0359. The summed E-state index contributed by atoms with van der Waals surface area (Å²) in [6, 6.07) is 0.00547. The van der Waals surface area contributed by atoms with Crippen molar-refractivity contribution in [1.82, 2.24) is 0 Å². The van der Waals surface area contributed by atoms with E-state index in [0.717, 1.165) is 0 Å². The molecule has 1 aliphatic rings. The van der Waals surface area contributed by atoms with E-state index in [2.05, 4.69) is 0 Å². The van der Waals surface area contributed by atoms with Crippen molar-refractivity contribution in [2.45, 2.75) is 19.3 Å². The number of rotatable bonds is 6. The molecule has 17 heavy (non-hydrogen) atoms. The standard InChI is InChI=1S/C10H15N2O4S/c11-7-1-2-8-17(15,16)10-5-3-9(4-6-10)12(13)14/h3,5-6H,1-2,4,7-8,11H2. The van der Waals surface area contributed by atoms with Gasteiger partial charge in [0.25, 0.3) is 0 Å². The largest absolute Gasteiger partial charge is 0.330 e. The second-order valence-electron chi connectivity index (χ2n) is 3.71. The van der Waals surface area contributed by atoms with Crippen LogP contribution in [0.5, 0.6) is 0 Å². The fourth-order valence-corrected chi connectivity index (χ4v) is 2.87. The average molecular weight is 259 g/mol. The van der Waals surface area contributed by atoms with Crippen LogP contribution in [-0.2, 0) is 9.84 Å². The topological polar surface area (TPSA) is 103 Å². The summed E-state index contributed by atoms with van der Waals surface area (Å²) in [7, 11) is -3.32. The van der Waals surface area contributed by atoms with Gasteiger partial charge >= 0.3 is 6.04 Å². The van der Waals surface area contributed by atoms with Gasteiger partial charge in [-0.1, -0.05) is 6.08 Å². The molecule has 0 bridgehead atoms. The minimum atomic E-state index is -3.32. The molecule has 0 saturated heterocycles. The molecule has 0 aromatic heterocycles. The molecule has 0 aromatic carbocycles.